The average molecular weight is 355 g/mol. The van der Waals surface area contributed by atoms with Gasteiger partial charge in [-0.05, 0) is 31.1 Å². The Morgan fingerprint density at radius 3 is 2.33 bits per heavy atom. The lowest BCUT2D eigenvalue weighted by Gasteiger charge is -2.18. The molecule has 3 heteroatoms. The third-order valence-electron chi connectivity index (χ3n) is 4.15. The van der Waals surface area contributed by atoms with E-state index in [-0.39, 0.29) is 0 Å². The molecule has 1 aromatic heterocycles. The van der Waals surface area contributed by atoms with Crippen molar-refractivity contribution in [1.82, 2.24) is 4.98 Å². The molecule has 0 bridgehead atoms. The number of hydrogen-bond acceptors (Lipinski definition) is 3. The predicted octanol–water partition coefficient (Wildman–Crippen LogP) is 6.02. The van der Waals surface area contributed by atoms with Crippen molar-refractivity contribution in [2.75, 3.05) is 0 Å². The van der Waals surface area contributed by atoms with Gasteiger partial charge >= 0.3 is 0 Å². The first kappa shape index (κ1) is 20.0. The number of pyridine rings is 1. The number of rotatable bonds is 8. The topological polar surface area (TPSA) is 60.6 Å². The molecule has 27 heavy (non-hydrogen) atoms. The van der Waals surface area contributed by atoms with Gasteiger partial charge in [-0.15, -0.1) is 0 Å². The molecule has 0 aliphatic heterocycles. The summed E-state index contributed by atoms with van der Waals surface area (Å²) in [4.78, 5) is 4.48. The number of nitrogens with one attached hydrogen (secondary N) is 2. The van der Waals surface area contributed by atoms with Gasteiger partial charge in [0.25, 0.3) is 0 Å². The average Bonchev–Trinajstić information content (AvgIpc) is 2.73. The van der Waals surface area contributed by atoms with Crippen LogP contribution in [0.4, 0.5) is 0 Å². The molecule has 0 atom stereocenters. The Hall–Kier alpha value is -3.33. The number of nitrogens with zero attached hydrogens (tertiary/aromatic N) is 1. The van der Waals surface area contributed by atoms with E-state index in [1.54, 1.807) is 12.3 Å². The fraction of sp³-hybridized carbons (Fsp3) is 0.125. The highest BCUT2D eigenvalue weighted by molar-refractivity contribution is 6.32. The first-order chi connectivity index (χ1) is 13.1. The first-order valence-corrected chi connectivity index (χ1v) is 8.97. The molecule has 0 aliphatic rings. The smallest absolute Gasteiger partial charge is 0.0727 e. The Kier molecular flexibility index (Phi) is 7.38. The molecule has 0 amide bonds. The normalized spacial score (nSPS) is 12.6. The number of hydrogen-bond donors (Lipinski definition) is 2. The van der Waals surface area contributed by atoms with Gasteiger partial charge in [0.2, 0.25) is 0 Å². The summed E-state index contributed by atoms with van der Waals surface area (Å²) in [5.74, 6) is 0. The number of aromatic nitrogens is 1. The quantitative estimate of drug-likeness (QED) is 0.441. The van der Waals surface area contributed by atoms with Crippen LogP contribution < -0.4 is 0 Å². The minimum atomic E-state index is 0.372. The maximum absolute atomic E-state index is 8.92. The van der Waals surface area contributed by atoms with Crippen molar-refractivity contribution in [2.45, 2.75) is 20.3 Å². The molecule has 136 valence electrons. The van der Waals surface area contributed by atoms with Gasteiger partial charge in [0, 0.05) is 28.6 Å². The second-order valence-corrected chi connectivity index (χ2v) is 5.88. The molecule has 1 heterocycles. The molecule has 3 nitrogen and oxygen atoms in total. The van der Waals surface area contributed by atoms with E-state index in [1.807, 2.05) is 80.6 Å². The van der Waals surface area contributed by atoms with Gasteiger partial charge in [0.1, 0.15) is 0 Å². The van der Waals surface area contributed by atoms with Gasteiger partial charge in [0.15, 0.2) is 0 Å². The highest BCUT2D eigenvalue weighted by Crippen LogP contribution is 2.29. The highest BCUT2D eigenvalue weighted by atomic mass is 14.7. The van der Waals surface area contributed by atoms with Crippen molar-refractivity contribution in [3.8, 4) is 0 Å². The van der Waals surface area contributed by atoms with Crippen molar-refractivity contribution in [2.24, 2.45) is 0 Å². The molecule has 0 unspecified atom stereocenters. The van der Waals surface area contributed by atoms with Crippen LogP contribution in [0.1, 0.15) is 31.5 Å². The summed E-state index contributed by atoms with van der Waals surface area (Å²) in [7, 11) is 0. The molecule has 0 saturated heterocycles. The zero-order chi connectivity index (χ0) is 19.6. The molecular weight excluding hydrogens is 330 g/mol. The zero-order valence-electron chi connectivity index (χ0n) is 15.9. The fourth-order valence-electron chi connectivity index (χ4n) is 2.78. The molecule has 0 spiro atoms. The van der Waals surface area contributed by atoms with E-state index in [0.717, 1.165) is 11.1 Å². The maximum Gasteiger partial charge on any atom is 0.0727 e. The maximum atomic E-state index is 8.92. The van der Waals surface area contributed by atoms with Gasteiger partial charge in [-0.3, -0.25) is 10.4 Å². The lowest BCUT2D eigenvalue weighted by atomic mass is 9.86. The van der Waals surface area contributed by atoms with Crippen LogP contribution in [0, 0.1) is 10.8 Å². The Labute approximate surface area is 161 Å². The fourth-order valence-corrected chi connectivity index (χ4v) is 2.78. The van der Waals surface area contributed by atoms with Gasteiger partial charge in [0.05, 0.1) is 11.4 Å². The van der Waals surface area contributed by atoms with Gasteiger partial charge in [-0.2, -0.15) is 0 Å². The summed E-state index contributed by atoms with van der Waals surface area (Å²) in [6.07, 6.45) is 9.71. The minimum Gasteiger partial charge on any atom is -0.305 e. The van der Waals surface area contributed by atoms with Gasteiger partial charge in [-0.1, -0.05) is 74.2 Å². The van der Waals surface area contributed by atoms with Crippen LogP contribution >= 0.6 is 0 Å². The largest absolute Gasteiger partial charge is 0.305 e. The number of allylic oxidation sites excluding steroid dienone is 7. The molecule has 0 fully saturated rings. The lowest BCUT2D eigenvalue weighted by molar-refractivity contribution is 1.23. The van der Waals surface area contributed by atoms with Crippen molar-refractivity contribution in [3.63, 3.8) is 0 Å². The van der Waals surface area contributed by atoms with Gasteiger partial charge < -0.3 is 5.41 Å². The van der Waals surface area contributed by atoms with Crippen molar-refractivity contribution in [3.05, 3.63) is 108 Å². The van der Waals surface area contributed by atoms with Crippen LogP contribution in [0.2, 0.25) is 0 Å². The van der Waals surface area contributed by atoms with Crippen LogP contribution in [0.15, 0.2) is 96.8 Å². The Balaban J connectivity index is 2.83. The summed E-state index contributed by atoms with van der Waals surface area (Å²) in [6.45, 7) is 7.63. The van der Waals surface area contributed by atoms with Crippen molar-refractivity contribution < 1.29 is 0 Å². The van der Waals surface area contributed by atoms with Crippen LogP contribution in [-0.2, 0) is 0 Å². The molecule has 2 rings (SSSR count). The van der Waals surface area contributed by atoms with Crippen molar-refractivity contribution >= 4 is 17.0 Å². The predicted molar refractivity (Wildman–Crippen MR) is 116 cm³/mol. The molecule has 1 aromatic carbocycles. The second-order valence-electron chi connectivity index (χ2n) is 5.88. The second kappa shape index (κ2) is 9.97. The zero-order valence-corrected chi connectivity index (χ0v) is 15.9. The van der Waals surface area contributed by atoms with E-state index >= 15 is 0 Å². The monoisotopic (exact) mass is 355 g/mol. The van der Waals surface area contributed by atoms with E-state index in [1.165, 1.54) is 0 Å². The summed E-state index contributed by atoms with van der Waals surface area (Å²) < 4.78 is 0. The Morgan fingerprint density at radius 2 is 1.78 bits per heavy atom. The van der Waals surface area contributed by atoms with Crippen LogP contribution in [-0.4, -0.2) is 16.4 Å². The van der Waals surface area contributed by atoms with E-state index in [4.69, 9.17) is 10.8 Å². The van der Waals surface area contributed by atoms with E-state index in [2.05, 4.69) is 11.6 Å². The summed E-state index contributed by atoms with van der Waals surface area (Å²) in [6, 6.07) is 15.3. The van der Waals surface area contributed by atoms with Crippen molar-refractivity contribution in [1.29, 1.82) is 10.8 Å². The molecule has 0 saturated carbocycles. The van der Waals surface area contributed by atoms with Gasteiger partial charge in [-0.25, -0.2) is 0 Å². The summed E-state index contributed by atoms with van der Waals surface area (Å²) in [5.41, 5.74) is 4.58. The Morgan fingerprint density at radius 1 is 1.07 bits per heavy atom. The lowest BCUT2D eigenvalue weighted by Crippen LogP contribution is -2.13. The first-order valence-electron chi connectivity index (χ1n) is 8.97. The van der Waals surface area contributed by atoms with Crippen LogP contribution in [0.5, 0.6) is 0 Å². The molecule has 2 aromatic rings. The van der Waals surface area contributed by atoms with Crippen LogP contribution in [0.25, 0.3) is 5.57 Å². The van der Waals surface area contributed by atoms with E-state index in [9.17, 15) is 0 Å². The molecule has 0 radical (unpaired) electrons. The number of benzene rings is 1. The molecule has 0 aliphatic carbocycles. The third kappa shape index (κ3) is 4.85. The Bertz CT molecular complexity index is 901. The van der Waals surface area contributed by atoms with E-state index < -0.39 is 0 Å². The van der Waals surface area contributed by atoms with Crippen LogP contribution in [0.3, 0.4) is 0 Å². The standard InChI is InChI=1S/C24H25N3/c1-4-7-13-18(5-2)22(24(26)19-14-9-8-10-15-19)23(20(25)6-3)21-16-11-12-17-27-21/h4-5,7-17,25-26H,1,6H2,2-3H3/b13-7-,18-5+,23-22+,25-20?,26-24?. The third-order valence-corrected chi connectivity index (χ3v) is 4.15. The highest BCUT2D eigenvalue weighted by Gasteiger charge is 2.21. The minimum absolute atomic E-state index is 0.372. The molecular formula is C24H25N3. The van der Waals surface area contributed by atoms with E-state index in [0.29, 0.717) is 34.7 Å². The molecule has 2 N–H and O–H groups in total. The summed E-state index contributed by atoms with van der Waals surface area (Å²) >= 11 is 0. The SMILES string of the molecule is C=C\C=C/C(=C\C)C(/C(=N)c1ccccc1)=C(/C(=N)CC)c1ccccn1. The summed E-state index contributed by atoms with van der Waals surface area (Å²) in [5, 5.41) is 17.5.